The molecule has 1 saturated heterocycles. The van der Waals surface area contributed by atoms with Gasteiger partial charge in [0.25, 0.3) is 11.8 Å². The lowest BCUT2D eigenvalue weighted by molar-refractivity contribution is -0.139. The van der Waals surface area contributed by atoms with Gasteiger partial charge in [-0.05, 0) is 61.2 Å². The highest BCUT2D eigenvalue weighted by molar-refractivity contribution is 6.39. The molecular weight excluding hydrogens is 440 g/mol. The lowest BCUT2D eigenvalue weighted by Gasteiger charge is -2.28. The molecule has 0 atom stereocenters. The second kappa shape index (κ2) is 10.0. The second-order valence-electron chi connectivity index (χ2n) is 7.56. The van der Waals surface area contributed by atoms with Gasteiger partial charge in [-0.15, -0.1) is 6.58 Å². The Bertz CT molecular complexity index is 1230. The van der Waals surface area contributed by atoms with E-state index in [-0.39, 0.29) is 17.1 Å². The van der Waals surface area contributed by atoms with Gasteiger partial charge in [-0.1, -0.05) is 18.2 Å². The first kappa shape index (κ1) is 24.2. The number of methoxy groups -OCH3 is 1. The van der Waals surface area contributed by atoms with Crippen LogP contribution in [0, 0.1) is 13.8 Å². The van der Waals surface area contributed by atoms with E-state index in [1.807, 2.05) is 13.0 Å². The van der Waals surface area contributed by atoms with Crippen LogP contribution in [0.4, 0.5) is 10.5 Å². The Morgan fingerprint density at radius 3 is 2.59 bits per heavy atom. The predicted molar refractivity (Wildman–Crippen MR) is 125 cm³/mol. The third kappa shape index (κ3) is 4.83. The van der Waals surface area contributed by atoms with E-state index in [0.717, 1.165) is 16.0 Å². The molecule has 0 unspecified atom stereocenters. The van der Waals surface area contributed by atoms with Gasteiger partial charge in [0.05, 0.1) is 12.8 Å². The number of aryl methyl sites for hydroxylation is 1. The Morgan fingerprint density at radius 2 is 1.94 bits per heavy atom. The fraction of sp³-hybridized carbons (Fsp3) is 0.200. The maximum absolute atomic E-state index is 13.3. The van der Waals surface area contributed by atoms with Crippen LogP contribution in [-0.2, 0) is 20.8 Å². The number of imide groups is 2. The summed E-state index contributed by atoms with van der Waals surface area (Å²) in [6.07, 6.45) is 3.26. The number of nitrogens with zero attached hydrogens (tertiary/aromatic N) is 1. The minimum absolute atomic E-state index is 0.221. The summed E-state index contributed by atoms with van der Waals surface area (Å²) in [5.41, 5.74) is 2.72. The number of urea groups is 1. The van der Waals surface area contributed by atoms with Crippen molar-refractivity contribution in [3.05, 3.63) is 70.8 Å². The standard InChI is InChI=1S/C25H24N2O7/c1-5-7-17-10-16(12-20(33-4)22(17)34-13-21(28)29)11-18-23(30)26-25(32)27(24(18)31)19-9-6-8-14(2)15(19)3/h5-6,8-12H,1,7,13H2,2-4H3,(H,28,29)(H,26,30,32)/b18-11+. The fourth-order valence-corrected chi connectivity index (χ4v) is 3.54. The van der Waals surface area contributed by atoms with E-state index in [1.165, 1.54) is 19.3 Å². The van der Waals surface area contributed by atoms with Crippen molar-refractivity contribution in [3.8, 4) is 11.5 Å². The van der Waals surface area contributed by atoms with E-state index in [4.69, 9.17) is 14.6 Å². The second-order valence-corrected chi connectivity index (χ2v) is 7.56. The Labute approximate surface area is 196 Å². The molecule has 0 aromatic heterocycles. The molecule has 1 aliphatic rings. The monoisotopic (exact) mass is 464 g/mol. The summed E-state index contributed by atoms with van der Waals surface area (Å²) in [5.74, 6) is -2.31. The average molecular weight is 464 g/mol. The van der Waals surface area contributed by atoms with E-state index in [2.05, 4.69) is 11.9 Å². The van der Waals surface area contributed by atoms with E-state index in [0.29, 0.717) is 23.2 Å². The normalized spacial score (nSPS) is 14.7. The smallest absolute Gasteiger partial charge is 0.341 e. The van der Waals surface area contributed by atoms with Gasteiger partial charge in [0.15, 0.2) is 18.1 Å². The number of hydrogen-bond donors (Lipinski definition) is 2. The number of carbonyl (C=O) groups is 4. The first-order chi connectivity index (χ1) is 16.2. The third-order valence-electron chi connectivity index (χ3n) is 5.31. The van der Waals surface area contributed by atoms with Gasteiger partial charge in [0.1, 0.15) is 5.57 Å². The van der Waals surface area contributed by atoms with E-state index < -0.39 is 30.4 Å². The predicted octanol–water partition coefficient (Wildman–Crippen LogP) is 3.17. The summed E-state index contributed by atoms with van der Waals surface area (Å²) in [7, 11) is 1.39. The maximum Gasteiger partial charge on any atom is 0.341 e. The molecule has 1 heterocycles. The SMILES string of the molecule is C=CCc1cc(/C=C2\C(=O)NC(=O)N(c3cccc(C)c3C)C2=O)cc(OC)c1OCC(=O)O. The Balaban J connectivity index is 2.08. The van der Waals surface area contributed by atoms with Crippen LogP contribution >= 0.6 is 0 Å². The van der Waals surface area contributed by atoms with Gasteiger partial charge in [0, 0.05) is 5.56 Å². The molecule has 2 N–H and O–H groups in total. The molecular formula is C25H24N2O7. The topological polar surface area (TPSA) is 122 Å². The molecule has 34 heavy (non-hydrogen) atoms. The number of nitrogens with one attached hydrogen (secondary N) is 1. The minimum atomic E-state index is -1.15. The highest BCUT2D eigenvalue weighted by Gasteiger charge is 2.37. The van der Waals surface area contributed by atoms with E-state index >= 15 is 0 Å². The van der Waals surface area contributed by atoms with Crippen molar-refractivity contribution < 1.29 is 33.8 Å². The molecule has 9 nitrogen and oxygen atoms in total. The molecule has 176 valence electrons. The quantitative estimate of drug-likeness (QED) is 0.350. The molecule has 9 heteroatoms. The van der Waals surface area contributed by atoms with Gasteiger partial charge in [-0.2, -0.15) is 0 Å². The fourth-order valence-electron chi connectivity index (χ4n) is 3.54. The van der Waals surface area contributed by atoms with Crippen molar-refractivity contribution in [2.45, 2.75) is 20.3 Å². The number of ether oxygens (including phenoxy) is 2. The molecule has 2 aromatic carbocycles. The number of amides is 4. The Hall–Kier alpha value is -4.40. The lowest BCUT2D eigenvalue weighted by atomic mass is 10.0. The van der Waals surface area contributed by atoms with Crippen molar-refractivity contribution in [2.24, 2.45) is 0 Å². The van der Waals surface area contributed by atoms with Crippen molar-refractivity contribution in [3.63, 3.8) is 0 Å². The molecule has 2 aromatic rings. The number of anilines is 1. The van der Waals surface area contributed by atoms with Crippen molar-refractivity contribution >= 4 is 35.6 Å². The lowest BCUT2D eigenvalue weighted by Crippen LogP contribution is -2.54. The molecule has 0 saturated carbocycles. The van der Waals surface area contributed by atoms with Crippen molar-refractivity contribution in [2.75, 3.05) is 18.6 Å². The molecule has 0 spiro atoms. The van der Waals surface area contributed by atoms with Crippen LogP contribution in [0.15, 0.2) is 48.6 Å². The number of aliphatic carboxylic acids is 1. The Kier molecular flexibility index (Phi) is 7.15. The summed E-state index contributed by atoms with van der Waals surface area (Å²) in [5, 5.41) is 11.2. The van der Waals surface area contributed by atoms with Gasteiger partial charge in [-0.3, -0.25) is 14.9 Å². The van der Waals surface area contributed by atoms with Crippen molar-refractivity contribution in [1.29, 1.82) is 0 Å². The summed E-state index contributed by atoms with van der Waals surface area (Å²) >= 11 is 0. The zero-order valence-corrected chi connectivity index (χ0v) is 19.0. The van der Waals surface area contributed by atoms with Crippen LogP contribution in [0.1, 0.15) is 22.3 Å². The van der Waals surface area contributed by atoms with Crippen LogP contribution in [0.25, 0.3) is 6.08 Å². The van der Waals surface area contributed by atoms with E-state index in [1.54, 1.807) is 31.2 Å². The zero-order chi connectivity index (χ0) is 25.0. The number of hydrogen-bond acceptors (Lipinski definition) is 6. The third-order valence-corrected chi connectivity index (χ3v) is 5.31. The summed E-state index contributed by atoms with van der Waals surface area (Å²) < 4.78 is 10.7. The summed E-state index contributed by atoms with van der Waals surface area (Å²) in [4.78, 5) is 50.3. The number of allylic oxidation sites excluding steroid dienone is 1. The number of carboxylic acid groups (broad SMARTS) is 1. The van der Waals surface area contributed by atoms with Gasteiger partial charge in [0.2, 0.25) is 0 Å². The number of barbiturate groups is 1. The Morgan fingerprint density at radius 1 is 1.21 bits per heavy atom. The molecule has 0 aliphatic carbocycles. The van der Waals surface area contributed by atoms with Crippen molar-refractivity contribution in [1.82, 2.24) is 5.32 Å². The van der Waals surface area contributed by atoms with Gasteiger partial charge >= 0.3 is 12.0 Å². The number of rotatable bonds is 8. The number of carboxylic acids is 1. The molecule has 0 bridgehead atoms. The number of benzene rings is 2. The van der Waals surface area contributed by atoms with E-state index in [9.17, 15) is 19.2 Å². The first-order valence-corrected chi connectivity index (χ1v) is 10.3. The molecule has 1 fully saturated rings. The average Bonchev–Trinajstić information content (AvgIpc) is 2.78. The highest BCUT2D eigenvalue weighted by Crippen LogP contribution is 2.35. The molecule has 4 amide bonds. The minimum Gasteiger partial charge on any atom is -0.493 e. The molecule has 1 aliphatic heterocycles. The first-order valence-electron chi connectivity index (χ1n) is 10.3. The largest absolute Gasteiger partial charge is 0.493 e. The van der Waals surface area contributed by atoms with Crippen LogP contribution in [0.3, 0.4) is 0 Å². The molecule has 3 rings (SSSR count). The van der Waals surface area contributed by atoms with Crippen LogP contribution in [0.5, 0.6) is 11.5 Å². The van der Waals surface area contributed by atoms with Gasteiger partial charge < -0.3 is 14.6 Å². The zero-order valence-electron chi connectivity index (χ0n) is 19.0. The van der Waals surface area contributed by atoms with Crippen LogP contribution < -0.4 is 19.7 Å². The summed E-state index contributed by atoms with van der Waals surface area (Å²) in [6.45, 7) is 6.76. The summed E-state index contributed by atoms with van der Waals surface area (Å²) in [6, 6.07) is 7.52. The van der Waals surface area contributed by atoms with Crippen LogP contribution in [-0.4, -0.2) is 42.6 Å². The number of carbonyl (C=O) groups excluding carboxylic acids is 3. The van der Waals surface area contributed by atoms with Crippen LogP contribution in [0.2, 0.25) is 0 Å². The molecule has 0 radical (unpaired) electrons. The van der Waals surface area contributed by atoms with Gasteiger partial charge in [-0.25, -0.2) is 14.5 Å². The highest BCUT2D eigenvalue weighted by atomic mass is 16.5. The maximum atomic E-state index is 13.3.